The van der Waals surface area contributed by atoms with Crippen molar-refractivity contribution in [2.75, 3.05) is 6.54 Å². The Morgan fingerprint density at radius 3 is 2.74 bits per heavy atom. The zero-order valence-corrected chi connectivity index (χ0v) is 14.1. The Hall–Kier alpha value is -0.290. The van der Waals surface area contributed by atoms with Crippen molar-refractivity contribution in [2.45, 2.75) is 39.0 Å². The molecule has 1 aromatic carbocycles. The van der Waals surface area contributed by atoms with Gasteiger partial charge in [0, 0.05) is 15.1 Å². The number of hydrogen-bond donors (Lipinski definition) is 1. The van der Waals surface area contributed by atoms with Crippen molar-refractivity contribution in [3.63, 3.8) is 0 Å². The van der Waals surface area contributed by atoms with Crippen LogP contribution in [0.5, 0.6) is 0 Å². The minimum Gasteiger partial charge on any atom is -0.351 e. The summed E-state index contributed by atoms with van der Waals surface area (Å²) in [5.41, 5.74) is 0.997. The summed E-state index contributed by atoms with van der Waals surface area (Å²) in [6.45, 7) is 3.01. The first kappa shape index (κ1) is 15.1. The topological polar surface area (TPSA) is 29.1 Å². The molecule has 2 nitrogen and oxygen atoms in total. The minimum absolute atomic E-state index is 0.00775. The summed E-state index contributed by atoms with van der Waals surface area (Å²) >= 11 is 8.13. The number of carbonyl (C=O) groups is 1. The normalized spacial score (nSPS) is 17.4. The SMILES string of the molecule is CCC1(CNC(=O)c2cc(Cl)ccc2I)CCCC1. The fourth-order valence-electron chi connectivity index (χ4n) is 2.81. The zero-order valence-electron chi connectivity index (χ0n) is 11.1. The molecule has 1 fully saturated rings. The van der Waals surface area contributed by atoms with E-state index in [9.17, 15) is 4.79 Å². The summed E-state index contributed by atoms with van der Waals surface area (Å²) in [5.74, 6) is -0.00775. The van der Waals surface area contributed by atoms with E-state index in [4.69, 9.17) is 11.6 Å². The van der Waals surface area contributed by atoms with Gasteiger partial charge in [-0.05, 0) is 65.5 Å². The second-order valence-electron chi connectivity index (χ2n) is 5.37. The quantitative estimate of drug-likeness (QED) is 0.744. The van der Waals surface area contributed by atoms with E-state index in [2.05, 4.69) is 34.8 Å². The van der Waals surface area contributed by atoms with Crippen LogP contribution in [0.25, 0.3) is 0 Å². The lowest BCUT2D eigenvalue weighted by molar-refractivity contribution is 0.0928. The summed E-state index contributed by atoms with van der Waals surface area (Å²) in [5, 5.41) is 3.71. The molecule has 0 radical (unpaired) electrons. The van der Waals surface area contributed by atoms with Crippen LogP contribution in [0.4, 0.5) is 0 Å². The van der Waals surface area contributed by atoms with Crippen molar-refractivity contribution in [1.29, 1.82) is 0 Å². The fraction of sp³-hybridized carbons (Fsp3) is 0.533. The highest BCUT2D eigenvalue weighted by atomic mass is 127. The molecule has 1 aromatic rings. The molecular weight excluding hydrogens is 373 g/mol. The van der Waals surface area contributed by atoms with Crippen molar-refractivity contribution in [1.82, 2.24) is 5.32 Å². The average molecular weight is 392 g/mol. The number of halogens is 2. The number of rotatable bonds is 4. The maximum Gasteiger partial charge on any atom is 0.252 e. The van der Waals surface area contributed by atoms with Gasteiger partial charge in [0.25, 0.3) is 5.91 Å². The van der Waals surface area contributed by atoms with Gasteiger partial charge in [-0.2, -0.15) is 0 Å². The first-order chi connectivity index (χ1) is 9.06. The largest absolute Gasteiger partial charge is 0.351 e. The maximum absolute atomic E-state index is 12.3. The number of benzene rings is 1. The van der Waals surface area contributed by atoms with Crippen molar-refractivity contribution in [2.24, 2.45) is 5.41 Å². The Kier molecular flexibility index (Phi) is 5.12. The summed E-state index contributed by atoms with van der Waals surface area (Å²) < 4.78 is 0.941. The predicted octanol–water partition coefficient (Wildman–Crippen LogP) is 4.64. The van der Waals surface area contributed by atoms with E-state index in [-0.39, 0.29) is 5.91 Å². The van der Waals surface area contributed by atoms with Gasteiger partial charge in [-0.3, -0.25) is 4.79 Å². The lowest BCUT2D eigenvalue weighted by Gasteiger charge is -2.27. The molecule has 0 aromatic heterocycles. The molecule has 4 heteroatoms. The van der Waals surface area contributed by atoms with E-state index in [1.165, 1.54) is 25.7 Å². The molecule has 1 N–H and O–H groups in total. The highest BCUT2D eigenvalue weighted by Gasteiger charge is 2.32. The highest BCUT2D eigenvalue weighted by Crippen LogP contribution is 2.40. The van der Waals surface area contributed by atoms with Gasteiger partial charge >= 0.3 is 0 Å². The van der Waals surface area contributed by atoms with Gasteiger partial charge in [0.1, 0.15) is 0 Å². The summed E-state index contributed by atoms with van der Waals surface area (Å²) in [7, 11) is 0. The molecule has 19 heavy (non-hydrogen) atoms. The Labute approximate surface area is 133 Å². The van der Waals surface area contributed by atoms with Crippen molar-refractivity contribution < 1.29 is 4.79 Å². The van der Waals surface area contributed by atoms with Crippen LogP contribution in [0.15, 0.2) is 18.2 Å². The van der Waals surface area contributed by atoms with Crippen LogP contribution in [0.2, 0.25) is 5.02 Å². The molecule has 0 saturated heterocycles. The highest BCUT2D eigenvalue weighted by molar-refractivity contribution is 14.1. The zero-order chi connectivity index (χ0) is 13.9. The second kappa shape index (κ2) is 6.44. The molecule has 1 aliphatic rings. The Balaban J connectivity index is 2.03. The van der Waals surface area contributed by atoms with E-state index in [1.54, 1.807) is 6.07 Å². The minimum atomic E-state index is -0.00775. The molecule has 0 bridgehead atoms. The molecule has 1 amide bonds. The van der Waals surface area contributed by atoms with Crippen molar-refractivity contribution >= 4 is 40.1 Å². The second-order valence-corrected chi connectivity index (χ2v) is 6.97. The summed E-state index contributed by atoms with van der Waals surface area (Å²) in [6.07, 6.45) is 6.18. The van der Waals surface area contributed by atoms with Gasteiger partial charge in [0.05, 0.1) is 5.56 Å². The van der Waals surface area contributed by atoms with E-state index >= 15 is 0 Å². The van der Waals surface area contributed by atoms with E-state index < -0.39 is 0 Å². The van der Waals surface area contributed by atoms with Gasteiger partial charge in [-0.25, -0.2) is 0 Å². The lowest BCUT2D eigenvalue weighted by atomic mass is 9.83. The molecule has 0 atom stereocenters. The molecular formula is C15H19ClINO. The molecule has 2 rings (SSSR count). The summed E-state index contributed by atoms with van der Waals surface area (Å²) in [6, 6.07) is 5.43. The van der Waals surface area contributed by atoms with Gasteiger partial charge in [0.2, 0.25) is 0 Å². The molecule has 1 saturated carbocycles. The smallest absolute Gasteiger partial charge is 0.252 e. The third-order valence-corrected chi connectivity index (χ3v) is 5.39. The third kappa shape index (κ3) is 3.63. The van der Waals surface area contributed by atoms with Gasteiger partial charge in [-0.15, -0.1) is 0 Å². The van der Waals surface area contributed by atoms with Crippen LogP contribution in [-0.2, 0) is 0 Å². The fourth-order valence-corrected chi connectivity index (χ4v) is 3.57. The lowest BCUT2D eigenvalue weighted by Crippen LogP contribution is -2.35. The monoisotopic (exact) mass is 391 g/mol. The van der Waals surface area contributed by atoms with Crippen LogP contribution >= 0.6 is 34.2 Å². The van der Waals surface area contributed by atoms with E-state index in [0.717, 1.165) is 16.5 Å². The van der Waals surface area contributed by atoms with Crippen LogP contribution in [0.1, 0.15) is 49.4 Å². The van der Waals surface area contributed by atoms with Crippen LogP contribution < -0.4 is 5.32 Å². The van der Waals surface area contributed by atoms with Gasteiger partial charge in [-0.1, -0.05) is 31.4 Å². The van der Waals surface area contributed by atoms with Crippen molar-refractivity contribution in [3.8, 4) is 0 Å². The standard InChI is InChI=1S/C15H19ClINO/c1-2-15(7-3-4-8-15)10-18-14(19)12-9-11(16)5-6-13(12)17/h5-6,9H,2-4,7-8,10H2,1H3,(H,18,19). The molecule has 104 valence electrons. The van der Waals surface area contributed by atoms with Crippen LogP contribution in [0, 0.1) is 8.99 Å². The molecule has 0 aliphatic heterocycles. The van der Waals surface area contributed by atoms with Gasteiger partial charge in [0.15, 0.2) is 0 Å². The Morgan fingerprint density at radius 2 is 2.11 bits per heavy atom. The number of carbonyl (C=O) groups excluding carboxylic acids is 1. The number of amides is 1. The third-order valence-electron chi connectivity index (χ3n) is 4.21. The van der Waals surface area contributed by atoms with Crippen LogP contribution in [0.3, 0.4) is 0 Å². The molecule has 0 spiro atoms. The van der Waals surface area contributed by atoms with Gasteiger partial charge < -0.3 is 5.32 Å². The first-order valence-electron chi connectivity index (χ1n) is 6.79. The average Bonchev–Trinajstić information content (AvgIpc) is 2.88. The van der Waals surface area contributed by atoms with Crippen molar-refractivity contribution in [3.05, 3.63) is 32.4 Å². The Bertz CT molecular complexity index is 469. The van der Waals surface area contributed by atoms with E-state index in [1.807, 2.05) is 12.1 Å². The predicted molar refractivity (Wildman–Crippen MR) is 87.7 cm³/mol. The van der Waals surface area contributed by atoms with Crippen LogP contribution in [-0.4, -0.2) is 12.5 Å². The molecule has 1 aliphatic carbocycles. The molecule has 0 unspecified atom stereocenters. The van der Waals surface area contributed by atoms with E-state index in [0.29, 0.717) is 16.0 Å². The molecule has 0 heterocycles. The number of nitrogens with one attached hydrogen (secondary N) is 1. The number of hydrogen-bond acceptors (Lipinski definition) is 1. The first-order valence-corrected chi connectivity index (χ1v) is 8.25. The summed E-state index contributed by atoms with van der Waals surface area (Å²) in [4.78, 5) is 12.3. The Morgan fingerprint density at radius 1 is 1.42 bits per heavy atom. The maximum atomic E-state index is 12.3.